The van der Waals surface area contributed by atoms with E-state index in [1.807, 2.05) is 12.1 Å². The molecule has 22 heavy (non-hydrogen) atoms. The molecule has 0 radical (unpaired) electrons. The van der Waals surface area contributed by atoms with E-state index in [4.69, 9.17) is 16.6 Å². The van der Waals surface area contributed by atoms with Crippen LogP contribution >= 0.6 is 11.6 Å². The third kappa shape index (κ3) is 2.46. The molecule has 0 spiro atoms. The molecule has 4 heterocycles. The van der Waals surface area contributed by atoms with Crippen molar-refractivity contribution in [2.75, 3.05) is 13.1 Å². The third-order valence-corrected chi connectivity index (χ3v) is 4.28. The van der Waals surface area contributed by atoms with Crippen LogP contribution in [0.25, 0.3) is 17.0 Å². The van der Waals surface area contributed by atoms with Crippen LogP contribution in [-0.4, -0.2) is 32.7 Å². The lowest BCUT2D eigenvalue weighted by Crippen LogP contribution is -2.28. The predicted octanol–water partition coefficient (Wildman–Crippen LogP) is 2.91. The van der Waals surface area contributed by atoms with E-state index in [0.29, 0.717) is 11.1 Å². The molecular weight excluding hydrogens is 298 g/mol. The summed E-state index contributed by atoms with van der Waals surface area (Å²) in [5.74, 6) is 0.476. The first kappa shape index (κ1) is 13.7. The Kier molecular flexibility index (Phi) is 3.52. The topological polar surface area (TPSA) is 55.1 Å². The number of fused-ring (bicyclic) bond motifs is 1. The number of pyridine rings is 1. The maximum absolute atomic E-state index is 6.00. The van der Waals surface area contributed by atoms with Crippen molar-refractivity contribution in [3.05, 3.63) is 47.4 Å². The lowest BCUT2D eigenvalue weighted by Gasteiger charge is -2.22. The molecule has 3 aromatic rings. The van der Waals surface area contributed by atoms with Crippen molar-refractivity contribution in [1.29, 1.82) is 0 Å². The maximum atomic E-state index is 6.00. The van der Waals surface area contributed by atoms with Crippen LogP contribution in [0.1, 0.15) is 24.5 Å². The molecule has 5 nitrogen and oxygen atoms in total. The fraction of sp³-hybridized carbons (Fsp3) is 0.312. The standard InChI is InChI=1S/C16H16ClN5/c17-15-6-7-16-19-10-14(22(16)21-15)13-5-1-4-12(20-13)11-3-2-8-18-9-11/h1,4-7,10-11,18H,2-3,8-9H2/t11-/m0/s1. The average molecular weight is 314 g/mol. The zero-order valence-corrected chi connectivity index (χ0v) is 12.8. The van der Waals surface area contributed by atoms with Crippen LogP contribution in [0, 0.1) is 0 Å². The van der Waals surface area contributed by atoms with Crippen molar-refractivity contribution in [2.24, 2.45) is 0 Å². The van der Waals surface area contributed by atoms with Crippen molar-refractivity contribution in [2.45, 2.75) is 18.8 Å². The van der Waals surface area contributed by atoms with Gasteiger partial charge in [0.05, 0.1) is 11.9 Å². The number of hydrogen-bond acceptors (Lipinski definition) is 4. The number of rotatable bonds is 2. The molecule has 1 N–H and O–H groups in total. The molecule has 1 aliphatic heterocycles. The van der Waals surface area contributed by atoms with E-state index in [1.54, 1.807) is 16.8 Å². The quantitative estimate of drug-likeness (QED) is 0.790. The van der Waals surface area contributed by atoms with Gasteiger partial charge < -0.3 is 5.32 Å². The lowest BCUT2D eigenvalue weighted by molar-refractivity contribution is 0.455. The Morgan fingerprint density at radius 3 is 3.05 bits per heavy atom. The zero-order chi connectivity index (χ0) is 14.9. The van der Waals surface area contributed by atoms with Crippen LogP contribution in [-0.2, 0) is 0 Å². The van der Waals surface area contributed by atoms with Crippen LogP contribution in [0.3, 0.4) is 0 Å². The lowest BCUT2D eigenvalue weighted by atomic mass is 9.95. The highest BCUT2D eigenvalue weighted by molar-refractivity contribution is 6.29. The number of hydrogen-bond donors (Lipinski definition) is 1. The van der Waals surface area contributed by atoms with Gasteiger partial charge in [-0.2, -0.15) is 5.10 Å². The molecule has 112 valence electrons. The highest BCUT2D eigenvalue weighted by Gasteiger charge is 2.17. The Balaban J connectivity index is 1.76. The summed E-state index contributed by atoms with van der Waals surface area (Å²) in [4.78, 5) is 9.20. The van der Waals surface area contributed by atoms with Gasteiger partial charge in [-0.05, 0) is 43.7 Å². The van der Waals surface area contributed by atoms with E-state index >= 15 is 0 Å². The summed E-state index contributed by atoms with van der Waals surface area (Å²) in [7, 11) is 0. The fourth-order valence-corrected chi connectivity index (χ4v) is 3.09. The van der Waals surface area contributed by atoms with Gasteiger partial charge in [0, 0.05) is 18.2 Å². The van der Waals surface area contributed by atoms with E-state index in [0.717, 1.165) is 35.8 Å². The van der Waals surface area contributed by atoms with Crippen LogP contribution in [0.5, 0.6) is 0 Å². The van der Waals surface area contributed by atoms with Gasteiger partial charge in [-0.15, -0.1) is 0 Å². The van der Waals surface area contributed by atoms with Crippen LogP contribution in [0.15, 0.2) is 36.5 Å². The van der Waals surface area contributed by atoms with Crippen molar-refractivity contribution < 1.29 is 0 Å². The van der Waals surface area contributed by atoms with Crippen LogP contribution in [0.2, 0.25) is 5.15 Å². The molecular formula is C16H16ClN5. The SMILES string of the molecule is Clc1ccc2ncc(-c3cccc([C@H]4CCCNC4)n3)n2n1. The molecule has 6 heteroatoms. The van der Waals surface area contributed by atoms with Crippen molar-refractivity contribution in [1.82, 2.24) is 24.9 Å². The minimum Gasteiger partial charge on any atom is -0.316 e. The highest BCUT2D eigenvalue weighted by Crippen LogP contribution is 2.25. The summed E-state index contributed by atoms with van der Waals surface area (Å²) in [6.07, 6.45) is 4.17. The first-order valence-corrected chi connectivity index (χ1v) is 7.87. The van der Waals surface area contributed by atoms with Crippen molar-refractivity contribution in [3.8, 4) is 11.4 Å². The van der Waals surface area contributed by atoms with Gasteiger partial charge in [-0.3, -0.25) is 4.98 Å². The third-order valence-electron chi connectivity index (χ3n) is 4.08. The summed E-state index contributed by atoms with van der Waals surface area (Å²) >= 11 is 6.00. The van der Waals surface area contributed by atoms with E-state index in [9.17, 15) is 0 Å². The predicted molar refractivity (Wildman–Crippen MR) is 86.1 cm³/mol. The number of piperidine rings is 1. The van der Waals surface area contributed by atoms with E-state index in [-0.39, 0.29) is 0 Å². The molecule has 0 aliphatic carbocycles. The largest absolute Gasteiger partial charge is 0.316 e. The monoisotopic (exact) mass is 313 g/mol. The highest BCUT2D eigenvalue weighted by atomic mass is 35.5. The second-order valence-electron chi connectivity index (χ2n) is 5.56. The molecule has 0 saturated carbocycles. The Morgan fingerprint density at radius 2 is 2.18 bits per heavy atom. The Labute approximate surface area is 133 Å². The Morgan fingerprint density at radius 1 is 1.23 bits per heavy atom. The van der Waals surface area contributed by atoms with Crippen molar-refractivity contribution >= 4 is 17.2 Å². The van der Waals surface area contributed by atoms with E-state index in [1.165, 1.54) is 12.8 Å². The minimum absolute atomic E-state index is 0.444. The minimum atomic E-state index is 0.444. The summed E-state index contributed by atoms with van der Waals surface area (Å²) in [6.45, 7) is 2.10. The Bertz CT molecular complexity index is 807. The molecule has 0 unspecified atom stereocenters. The number of aromatic nitrogens is 4. The number of nitrogens with one attached hydrogen (secondary N) is 1. The van der Waals surface area contributed by atoms with Crippen LogP contribution < -0.4 is 5.32 Å². The van der Waals surface area contributed by atoms with Crippen molar-refractivity contribution in [3.63, 3.8) is 0 Å². The van der Waals surface area contributed by atoms with Gasteiger partial charge in [-0.1, -0.05) is 17.7 Å². The maximum Gasteiger partial charge on any atom is 0.154 e. The molecule has 1 saturated heterocycles. The van der Waals surface area contributed by atoms with Crippen LogP contribution in [0.4, 0.5) is 0 Å². The zero-order valence-electron chi connectivity index (χ0n) is 12.0. The van der Waals surface area contributed by atoms with E-state index < -0.39 is 0 Å². The first-order chi connectivity index (χ1) is 10.8. The Hall–Kier alpha value is -1.98. The summed E-state index contributed by atoms with van der Waals surface area (Å²) in [6, 6.07) is 9.74. The van der Waals surface area contributed by atoms with Gasteiger partial charge in [0.25, 0.3) is 0 Å². The first-order valence-electron chi connectivity index (χ1n) is 7.49. The fourth-order valence-electron chi connectivity index (χ4n) is 2.95. The van der Waals surface area contributed by atoms with E-state index in [2.05, 4.69) is 27.5 Å². The normalized spacial score (nSPS) is 18.7. The molecule has 3 aromatic heterocycles. The van der Waals surface area contributed by atoms with Gasteiger partial charge in [0.2, 0.25) is 0 Å². The number of imidazole rings is 1. The summed E-state index contributed by atoms with van der Waals surface area (Å²) in [5.41, 5.74) is 3.64. The van der Waals surface area contributed by atoms with Gasteiger partial charge in [0.1, 0.15) is 10.8 Å². The average Bonchev–Trinajstić information content (AvgIpc) is 2.99. The molecule has 0 aromatic carbocycles. The number of nitrogens with zero attached hydrogens (tertiary/aromatic N) is 4. The molecule has 1 aliphatic rings. The molecule has 0 amide bonds. The molecule has 1 atom stereocenters. The smallest absolute Gasteiger partial charge is 0.154 e. The van der Waals surface area contributed by atoms with Gasteiger partial charge in [-0.25, -0.2) is 9.50 Å². The van der Waals surface area contributed by atoms with Gasteiger partial charge >= 0.3 is 0 Å². The summed E-state index contributed by atoms with van der Waals surface area (Å²) < 4.78 is 1.74. The molecule has 1 fully saturated rings. The molecule has 0 bridgehead atoms. The number of halogens is 1. The molecule has 4 rings (SSSR count). The second-order valence-corrected chi connectivity index (χ2v) is 5.95. The van der Waals surface area contributed by atoms with Gasteiger partial charge in [0.15, 0.2) is 5.65 Å². The summed E-state index contributed by atoms with van der Waals surface area (Å²) in [5, 5.41) is 8.20. The second kappa shape index (κ2) is 5.66.